The van der Waals surface area contributed by atoms with Gasteiger partial charge < -0.3 is 25.2 Å². The van der Waals surface area contributed by atoms with E-state index in [-0.39, 0.29) is 23.0 Å². The van der Waals surface area contributed by atoms with Crippen LogP contribution < -0.4 is 10.6 Å². The van der Waals surface area contributed by atoms with E-state index in [2.05, 4.69) is 22.8 Å². The second kappa shape index (κ2) is 12.4. The van der Waals surface area contributed by atoms with Crippen LogP contribution in [-0.4, -0.2) is 64.0 Å². The summed E-state index contributed by atoms with van der Waals surface area (Å²) in [5.41, 5.74) is 3.81. The lowest BCUT2D eigenvalue weighted by Crippen LogP contribution is -2.56. The number of fused-ring (bicyclic) bond motifs is 3. The Balaban J connectivity index is 1.71. The molecule has 0 heterocycles. The van der Waals surface area contributed by atoms with Gasteiger partial charge in [-0.3, -0.25) is 4.79 Å². The number of nitrogens with one attached hydrogen (secondary N) is 2. The molecule has 3 atom stereocenters. The van der Waals surface area contributed by atoms with Crippen molar-refractivity contribution in [3.05, 3.63) is 59.7 Å². The number of hydrogen-bond donors (Lipinski definition) is 3. The van der Waals surface area contributed by atoms with Gasteiger partial charge in [-0.2, -0.15) is 11.8 Å². The van der Waals surface area contributed by atoms with Crippen LogP contribution in [0, 0.1) is 0 Å². The van der Waals surface area contributed by atoms with Gasteiger partial charge in [-0.05, 0) is 49.9 Å². The highest BCUT2D eigenvalue weighted by atomic mass is 32.2. The lowest BCUT2D eigenvalue weighted by molar-refractivity contribution is -0.150. The molecule has 9 heteroatoms. The van der Waals surface area contributed by atoms with Crippen LogP contribution in [-0.2, 0) is 19.1 Å². The fourth-order valence-corrected chi connectivity index (χ4v) is 5.46. The number of amides is 2. The Morgan fingerprint density at radius 3 is 1.95 bits per heavy atom. The SMILES string of the molecule is CC(OC(C)(C)C)C(NC(=O)C(CSC(C)(C)C)NC(=O)OCC1c2ccccc2-c2ccccc21)C(=O)O. The average Bonchev–Trinajstić information content (AvgIpc) is 3.15. The van der Waals surface area contributed by atoms with Gasteiger partial charge in [-0.25, -0.2) is 9.59 Å². The fourth-order valence-electron chi connectivity index (χ4n) is 4.56. The van der Waals surface area contributed by atoms with Gasteiger partial charge in [-0.15, -0.1) is 0 Å². The van der Waals surface area contributed by atoms with E-state index >= 15 is 0 Å². The first-order chi connectivity index (χ1) is 18.2. The van der Waals surface area contributed by atoms with Crippen molar-refractivity contribution in [3.8, 4) is 11.1 Å². The minimum atomic E-state index is -1.29. The summed E-state index contributed by atoms with van der Waals surface area (Å²) in [5.74, 6) is -1.72. The van der Waals surface area contributed by atoms with E-state index in [1.165, 1.54) is 11.8 Å². The smallest absolute Gasteiger partial charge is 0.407 e. The maximum absolute atomic E-state index is 13.3. The standard InChI is InChI=1S/C30H40N2O6S/c1-18(38-29(2,3)4)25(27(34)35)32-26(33)24(17-39-30(5,6)7)31-28(36)37-16-23-21-14-10-8-12-19(21)20-13-9-11-15-22(20)23/h8-15,18,23-25H,16-17H2,1-7H3,(H,31,36)(H,32,33)(H,34,35). The van der Waals surface area contributed by atoms with E-state index in [4.69, 9.17) is 9.47 Å². The molecule has 212 valence electrons. The van der Waals surface area contributed by atoms with Crippen LogP contribution in [0.15, 0.2) is 48.5 Å². The van der Waals surface area contributed by atoms with Gasteiger partial charge in [0.25, 0.3) is 0 Å². The Bertz CT molecular complexity index is 1140. The molecule has 39 heavy (non-hydrogen) atoms. The molecule has 2 amide bonds. The molecule has 0 saturated carbocycles. The van der Waals surface area contributed by atoms with Crippen LogP contribution in [0.4, 0.5) is 4.79 Å². The maximum atomic E-state index is 13.3. The molecule has 0 saturated heterocycles. The van der Waals surface area contributed by atoms with E-state index in [0.29, 0.717) is 0 Å². The average molecular weight is 557 g/mol. The largest absolute Gasteiger partial charge is 0.480 e. The fraction of sp³-hybridized carbons (Fsp3) is 0.500. The van der Waals surface area contributed by atoms with Gasteiger partial charge in [0.15, 0.2) is 6.04 Å². The minimum absolute atomic E-state index is 0.106. The summed E-state index contributed by atoms with van der Waals surface area (Å²) in [6.45, 7) is 13.1. The molecule has 3 unspecified atom stereocenters. The Morgan fingerprint density at radius 2 is 1.46 bits per heavy atom. The summed E-state index contributed by atoms with van der Waals surface area (Å²) in [5, 5.41) is 15.0. The molecule has 8 nitrogen and oxygen atoms in total. The molecule has 0 aliphatic heterocycles. The first-order valence-corrected chi connectivity index (χ1v) is 14.1. The van der Waals surface area contributed by atoms with Gasteiger partial charge in [0.05, 0.1) is 11.7 Å². The third-order valence-corrected chi connectivity index (χ3v) is 7.57. The summed E-state index contributed by atoms with van der Waals surface area (Å²) < 4.78 is 11.2. The molecule has 3 rings (SSSR count). The number of alkyl carbamates (subject to hydrolysis) is 1. The van der Waals surface area contributed by atoms with E-state index in [0.717, 1.165) is 22.3 Å². The number of carbonyl (C=O) groups is 3. The first-order valence-electron chi connectivity index (χ1n) is 13.1. The number of hydrogen-bond acceptors (Lipinski definition) is 6. The van der Waals surface area contributed by atoms with Crippen LogP contribution >= 0.6 is 11.8 Å². The van der Waals surface area contributed by atoms with Crippen LogP contribution in [0.1, 0.15) is 65.5 Å². The van der Waals surface area contributed by atoms with Crippen molar-refractivity contribution in [1.82, 2.24) is 10.6 Å². The Hall–Kier alpha value is -3.04. The number of carboxylic acid groups (broad SMARTS) is 1. The highest BCUT2D eigenvalue weighted by Gasteiger charge is 2.34. The predicted octanol–water partition coefficient (Wildman–Crippen LogP) is 5.20. The van der Waals surface area contributed by atoms with Crippen molar-refractivity contribution in [1.29, 1.82) is 0 Å². The van der Waals surface area contributed by atoms with Gasteiger partial charge >= 0.3 is 12.1 Å². The molecular weight excluding hydrogens is 516 g/mol. The van der Waals surface area contributed by atoms with Crippen molar-refractivity contribution in [3.63, 3.8) is 0 Å². The van der Waals surface area contributed by atoms with E-state index in [1.54, 1.807) is 6.92 Å². The Kier molecular flexibility index (Phi) is 9.72. The topological polar surface area (TPSA) is 114 Å². The summed E-state index contributed by atoms with van der Waals surface area (Å²) in [6, 6.07) is 13.8. The number of thioether (sulfide) groups is 1. The molecule has 2 aromatic carbocycles. The van der Waals surface area contributed by atoms with Crippen LogP contribution in [0.25, 0.3) is 11.1 Å². The first kappa shape index (κ1) is 30.5. The van der Waals surface area contributed by atoms with Crippen LogP contribution in [0.3, 0.4) is 0 Å². The molecule has 0 aromatic heterocycles. The third-order valence-electron chi connectivity index (χ3n) is 6.21. The highest BCUT2D eigenvalue weighted by molar-refractivity contribution is 8.00. The molecule has 0 bridgehead atoms. The molecule has 0 fully saturated rings. The van der Waals surface area contributed by atoms with Crippen molar-refractivity contribution in [2.45, 2.75) is 82.9 Å². The maximum Gasteiger partial charge on any atom is 0.407 e. The number of carbonyl (C=O) groups excluding carboxylic acids is 2. The summed E-state index contributed by atoms with van der Waals surface area (Å²) in [4.78, 5) is 38.2. The number of ether oxygens (including phenoxy) is 2. The molecule has 1 aliphatic carbocycles. The minimum Gasteiger partial charge on any atom is -0.480 e. The highest BCUT2D eigenvalue weighted by Crippen LogP contribution is 2.44. The lowest BCUT2D eigenvalue weighted by Gasteiger charge is -2.30. The Morgan fingerprint density at radius 1 is 0.923 bits per heavy atom. The Labute approximate surface area is 235 Å². The van der Waals surface area contributed by atoms with E-state index < -0.39 is 41.8 Å². The quantitative estimate of drug-likeness (QED) is 0.369. The van der Waals surface area contributed by atoms with Gasteiger partial charge in [0.1, 0.15) is 12.6 Å². The molecule has 2 aromatic rings. The van der Waals surface area contributed by atoms with Crippen molar-refractivity contribution in [2.75, 3.05) is 12.4 Å². The molecule has 0 radical (unpaired) electrons. The van der Waals surface area contributed by atoms with Crippen LogP contribution in [0.2, 0.25) is 0 Å². The van der Waals surface area contributed by atoms with Gasteiger partial charge in [0.2, 0.25) is 5.91 Å². The molecular formula is C30H40N2O6S. The summed E-state index contributed by atoms with van der Waals surface area (Å²) in [7, 11) is 0. The van der Waals surface area contributed by atoms with Gasteiger partial charge in [0, 0.05) is 16.4 Å². The lowest BCUT2D eigenvalue weighted by atomic mass is 9.98. The van der Waals surface area contributed by atoms with Crippen molar-refractivity contribution >= 4 is 29.7 Å². The van der Waals surface area contributed by atoms with E-state index in [9.17, 15) is 19.5 Å². The predicted molar refractivity (Wildman–Crippen MR) is 154 cm³/mol. The number of rotatable bonds is 10. The molecule has 3 N–H and O–H groups in total. The number of aliphatic carboxylic acids is 1. The molecule has 0 spiro atoms. The van der Waals surface area contributed by atoms with Crippen molar-refractivity contribution in [2.24, 2.45) is 0 Å². The number of carboxylic acids is 1. The van der Waals surface area contributed by atoms with Crippen molar-refractivity contribution < 1.29 is 29.0 Å². The second-order valence-electron chi connectivity index (χ2n) is 11.7. The third kappa shape index (κ3) is 8.47. The van der Waals surface area contributed by atoms with E-state index in [1.807, 2.05) is 77.9 Å². The molecule has 1 aliphatic rings. The van der Waals surface area contributed by atoms with Gasteiger partial charge in [-0.1, -0.05) is 69.3 Å². The zero-order valence-electron chi connectivity index (χ0n) is 23.7. The zero-order chi connectivity index (χ0) is 29.0. The summed E-state index contributed by atoms with van der Waals surface area (Å²) in [6.07, 6.45) is -1.53. The number of benzene rings is 2. The zero-order valence-corrected chi connectivity index (χ0v) is 24.6. The monoisotopic (exact) mass is 556 g/mol. The second-order valence-corrected chi connectivity index (χ2v) is 13.6. The van der Waals surface area contributed by atoms with Crippen LogP contribution in [0.5, 0.6) is 0 Å². The normalized spacial score (nSPS) is 15.5. The summed E-state index contributed by atoms with van der Waals surface area (Å²) >= 11 is 1.48.